The van der Waals surface area contributed by atoms with E-state index in [1.54, 1.807) is 5.57 Å². The molecule has 0 heteroatoms. The lowest BCUT2D eigenvalue weighted by Crippen LogP contribution is -1.81. The minimum Gasteiger partial charge on any atom is -0.0887 e. The Balaban J connectivity index is 3.00. The monoisotopic (exact) mass is 182 g/mol. The molecule has 0 unspecified atom stereocenters. The first-order valence-corrected chi connectivity index (χ1v) is 5.93. The first kappa shape index (κ1) is 12.7. The normalized spacial score (nSPS) is 12.1. The van der Waals surface area contributed by atoms with Crippen molar-refractivity contribution in [3.63, 3.8) is 0 Å². The summed E-state index contributed by atoms with van der Waals surface area (Å²) in [5.74, 6) is 0. The van der Waals surface area contributed by atoms with Crippen molar-refractivity contribution < 1.29 is 0 Å². The maximum atomic E-state index is 2.27. The van der Waals surface area contributed by atoms with Crippen molar-refractivity contribution in [1.29, 1.82) is 0 Å². The van der Waals surface area contributed by atoms with Gasteiger partial charge in [-0.1, -0.05) is 57.1 Å². The molecule has 78 valence electrons. The van der Waals surface area contributed by atoms with Crippen LogP contribution >= 0.6 is 0 Å². The number of hydrogen-bond acceptors (Lipinski definition) is 0. The van der Waals surface area contributed by atoms with Crippen molar-refractivity contribution in [3.05, 3.63) is 11.6 Å². The van der Waals surface area contributed by atoms with Crippen molar-refractivity contribution in [2.24, 2.45) is 0 Å². The smallest absolute Gasteiger partial charge is 0.0323 e. The lowest BCUT2D eigenvalue weighted by Gasteiger charge is -2.01. The van der Waals surface area contributed by atoms with Crippen molar-refractivity contribution in [3.8, 4) is 0 Å². The van der Waals surface area contributed by atoms with Gasteiger partial charge in [0.25, 0.3) is 0 Å². The van der Waals surface area contributed by atoms with Crippen LogP contribution in [0.3, 0.4) is 0 Å². The maximum Gasteiger partial charge on any atom is -0.0323 e. The largest absolute Gasteiger partial charge is 0.0887 e. The molecule has 0 bridgehead atoms. The molecule has 0 saturated carbocycles. The molecule has 0 atom stereocenters. The van der Waals surface area contributed by atoms with Crippen LogP contribution in [0, 0.1) is 0 Å². The number of hydrogen-bond donors (Lipinski definition) is 0. The van der Waals surface area contributed by atoms with Gasteiger partial charge in [-0.25, -0.2) is 0 Å². The molecular formula is C13H26. The average Bonchev–Trinajstić information content (AvgIpc) is 2.16. The number of unbranched alkanes of at least 4 members (excludes halogenated alkanes) is 6. The van der Waals surface area contributed by atoms with Gasteiger partial charge in [0.15, 0.2) is 0 Å². The Labute approximate surface area is 84.4 Å². The first-order chi connectivity index (χ1) is 6.31. The third-order valence-corrected chi connectivity index (χ3v) is 2.67. The Morgan fingerprint density at radius 3 is 2.00 bits per heavy atom. The van der Waals surface area contributed by atoms with E-state index in [0.29, 0.717) is 0 Å². The Bertz CT molecular complexity index is 122. The summed E-state index contributed by atoms with van der Waals surface area (Å²) in [4.78, 5) is 0. The second-order valence-corrected chi connectivity index (χ2v) is 4.01. The molecule has 0 heterocycles. The van der Waals surface area contributed by atoms with Gasteiger partial charge in [-0.2, -0.15) is 0 Å². The van der Waals surface area contributed by atoms with E-state index in [4.69, 9.17) is 0 Å². The lowest BCUT2D eigenvalue weighted by atomic mass is 10.1. The summed E-state index contributed by atoms with van der Waals surface area (Å²) in [5, 5.41) is 0. The lowest BCUT2D eigenvalue weighted by molar-refractivity contribution is 0.588. The quantitative estimate of drug-likeness (QED) is 0.362. The summed E-state index contributed by atoms with van der Waals surface area (Å²) in [5.41, 5.74) is 1.55. The molecule has 0 radical (unpaired) electrons. The van der Waals surface area contributed by atoms with Gasteiger partial charge in [0.05, 0.1) is 0 Å². The fraction of sp³-hybridized carbons (Fsp3) is 0.846. The van der Waals surface area contributed by atoms with Crippen molar-refractivity contribution in [2.75, 3.05) is 0 Å². The Morgan fingerprint density at radius 2 is 1.46 bits per heavy atom. The van der Waals surface area contributed by atoms with Crippen LogP contribution in [0.1, 0.15) is 72.1 Å². The molecule has 0 rings (SSSR count). The fourth-order valence-corrected chi connectivity index (χ4v) is 1.51. The van der Waals surface area contributed by atoms with Gasteiger partial charge < -0.3 is 0 Å². The van der Waals surface area contributed by atoms with Crippen molar-refractivity contribution >= 4 is 0 Å². The molecule has 0 saturated heterocycles. The molecule has 0 aliphatic rings. The molecule has 0 spiro atoms. The van der Waals surface area contributed by atoms with Crippen LogP contribution in [-0.4, -0.2) is 0 Å². The van der Waals surface area contributed by atoms with Crippen LogP contribution in [-0.2, 0) is 0 Å². The molecule has 13 heavy (non-hydrogen) atoms. The average molecular weight is 182 g/mol. The summed E-state index contributed by atoms with van der Waals surface area (Å²) < 4.78 is 0. The zero-order valence-corrected chi connectivity index (χ0v) is 9.73. The van der Waals surface area contributed by atoms with Gasteiger partial charge in [0.2, 0.25) is 0 Å². The van der Waals surface area contributed by atoms with E-state index in [0.717, 1.165) is 0 Å². The molecule has 0 N–H and O–H groups in total. The molecule has 0 aliphatic heterocycles. The molecular weight excluding hydrogens is 156 g/mol. The van der Waals surface area contributed by atoms with Crippen molar-refractivity contribution in [1.82, 2.24) is 0 Å². The molecule has 0 aliphatic carbocycles. The van der Waals surface area contributed by atoms with Crippen molar-refractivity contribution in [2.45, 2.75) is 72.1 Å². The van der Waals surface area contributed by atoms with Gasteiger partial charge in [0.1, 0.15) is 0 Å². The Hall–Kier alpha value is -0.260. The molecule has 0 aromatic heterocycles. The predicted molar refractivity (Wildman–Crippen MR) is 62.0 cm³/mol. The van der Waals surface area contributed by atoms with E-state index in [2.05, 4.69) is 26.8 Å². The van der Waals surface area contributed by atoms with Gasteiger partial charge in [-0.3, -0.25) is 0 Å². The summed E-state index contributed by atoms with van der Waals surface area (Å²) in [6, 6.07) is 0. The summed E-state index contributed by atoms with van der Waals surface area (Å²) in [6.07, 6.45) is 13.5. The van der Waals surface area contributed by atoms with Crippen LogP contribution in [0.15, 0.2) is 11.6 Å². The SMILES string of the molecule is C/C=C(/C)CCCCCCCCC. The molecule has 0 aromatic rings. The summed E-state index contributed by atoms with van der Waals surface area (Å²) in [6.45, 7) is 6.64. The van der Waals surface area contributed by atoms with Crippen LogP contribution < -0.4 is 0 Å². The van der Waals surface area contributed by atoms with Gasteiger partial charge in [0, 0.05) is 0 Å². The topological polar surface area (TPSA) is 0 Å². The Kier molecular flexibility index (Phi) is 9.63. The second kappa shape index (κ2) is 9.83. The Morgan fingerprint density at radius 1 is 0.923 bits per heavy atom. The highest BCUT2D eigenvalue weighted by Gasteiger charge is 1.91. The fourth-order valence-electron chi connectivity index (χ4n) is 1.51. The van der Waals surface area contributed by atoms with E-state index < -0.39 is 0 Å². The molecule has 0 nitrogen and oxygen atoms in total. The second-order valence-electron chi connectivity index (χ2n) is 4.01. The molecule has 0 fully saturated rings. The van der Waals surface area contributed by atoms with Gasteiger partial charge >= 0.3 is 0 Å². The minimum atomic E-state index is 1.31. The van der Waals surface area contributed by atoms with Crippen LogP contribution in [0.5, 0.6) is 0 Å². The summed E-state index contributed by atoms with van der Waals surface area (Å²) >= 11 is 0. The zero-order valence-electron chi connectivity index (χ0n) is 9.73. The van der Waals surface area contributed by atoms with Gasteiger partial charge in [-0.15, -0.1) is 0 Å². The highest BCUT2D eigenvalue weighted by atomic mass is 14.0. The van der Waals surface area contributed by atoms with E-state index in [1.807, 2.05) is 0 Å². The highest BCUT2D eigenvalue weighted by Crippen LogP contribution is 2.11. The van der Waals surface area contributed by atoms with E-state index in [1.165, 1.54) is 51.4 Å². The number of rotatable bonds is 8. The third-order valence-electron chi connectivity index (χ3n) is 2.67. The minimum absolute atomic E-state index is 1.31. The van der Waals surface area contributed by atoms with E-state index in [-0.39, 0.29) is 0 Å². The van der Waals surface area contributed by atoms with Crippen LogP contribution in [0.25, 0.3) is 0 Å². The molecule has 0 aromatic carbocycles. The first-order valence-electron chi connectivity index (χ1n) is 5.93. The standard InChI is InChI=1S/C13H26/c1-4-6-7-8-9-10-11-12-13(3)5-2/h5H,4,6-12H2,1-3H3/b13-5-. The van der Waals surface area contributed by atoms with E-state index >= 15 is 0 Å². The maximum absolute atomic E-state index is 2.27. The molecule has 0 amide bonds. The summed E-state index contributed by atoms with van der Waals surface area (Å²) in [7, 11) is 0. The van der Waals surface area contributed by atoms with Crippen LogP contribution in [0.4, 0.5) is 0 Å². The van der Waals surface area contributed by atoms with E-state index in [9.17, 15) is 0 Å². The zero-order chi connectivity index (χ0) is 9.94. The van der Waals surface area contributed by atoms with Gasteiger partial charge in [-0.05, 0) is 26.7 Å². The predicted octanol–water partition coefficient (Wildman–Crippen LogP) is 5.09. The third kappa shape index (κ3) is 9.66. The highest BCUT2D eigenvalue weighted by molar-refractivity contribution is 4.94. The van der Waals surface area contributed by atoms with Crippen LogP contribution in [0.2, 0.25) is 0 Å². The number of allylic oxidation sites excluding steroid dienone is 2.